The second-order valence-corrected chi connectivity index (χ2v) is 7.72. The highest BCUT2D eigenvalue weighted by molar-refractivity contribution is 7.90. The second-order valence-electron chi connectivity index (χ2n) is 5.54. The summed E-state index contributed by atoms with van der Waals surface area (Å²) in [6, 6.07) is 9.89. The van der Waals surface area contributed by atoms with Crippen molar-refractivity contribution in [3.63, 3.8) is 0 Å². The molecule has 0 aliphatic heterocycles. The lowest BCUT2D eigenvalue weighted by atomic mass is 10.1. The van der Waals surface area contributed by atoms with Crippen molar-refractivity contribution >= 4 is 9.84 Å². The third-order valence-corrected chi connectivity index (χ3v) is 5.38. The van der Waals surface area contributed by atoms with Crippen molar-refractivity contribution in [1.29, 1.82) is 0 Å². The fraction of sp³-hybridized carbons (Fsp3) is 0.333. The summed E-state index contributed by atoms with van der Waals surface area (Å²) in [5.41, 5.74) is 1.42. The molecule has 0 saturated carbocycles. The summed E-state index contributed by atoms with van der Waals surface area (Å²) in [7, 11) is 1.19. The molecule has 2 rings (SSSR count). The minimum Gasteiger partial charge on any atom is -0.504 e. The van der Waals surface area contributed by atoms with E-state index in [1.165, 1.54) is 26.4 Å². The van der Waals surface area contributed by atoms with Crippen LogP contribution in [0.15, 0.2) is 36.4 Å². The van der Waals surface area contributed by atoms with E-state index in [9.17, 15) is 13.5 Å². The summed E-state index contributed by atoms with van der Waals surface area (Å²) in [6.07, 6.45) is 0.373. The number of ether oxygens (including phenoxy) is 3. The smallest absolute Gasteiger partial charge is 0.160 e. The van der Waals surface area contributed by atoms with Gasteiger partial charge in [-0.25, -0.2) is 8.42 Å². The molecule has 6 nitrogen and oxygen atoms in total. The normalized spacial score (nSPS) is 11.2. The largest absolute Gasteiger partial charge is 0.504 e. The molecule has 0 aliphatic rings. The average Bonchev–Trinajstić information content (AvgIpc) is 2.61. The molecule has 0 spiro atoms. The summed E-state index contributed by atoms with van der Waals surface area (Å²) in [4.78, 5) is 0. The van der Waals surface area contributed by atoms with Crippen molar-refractivity contribution in [3.8, 4) is 23.0 Å². The first kappa shape index (κ1) is 18.9. The molecule has 0 bridgehead atoms. The Balaban J connectivity index is 2.06. The maximum Gasteiger partial charge on any atom is 0.160 e. The lowest BCUT2D eigenvalue weighted by Gasteiger charge is -2.10. The molecule has 2 aromatic rings. The molecular formula is C18H22O6S. The molecule has 0 atom stereocenters. The number of hydrogen-bond donors (Lipinski definition) is 1. The number of hydrogen-bond acceptors (Lipinski definition) is 6. The first-order valence-electron chi connectivity index (χ1n) is 7.65. The minimum atomic E-state index is -3.32. The van der Waals surface area contributed by atoms with E-state index in [1.807, 2.05) is 6.07 Å². The van der Waals surface area contributed by atoms with Crippen molar-refractivity contribution in [2.45, 2.75) is 12.2 Å². The SMILES string of the molecule is COc1cc(CS(=O)(=O)CCc2ccc(OC)c(OC)c2)ccc1O. The van der Waals surface area contributed by atoms with Crippen molar-refractivity contribution in [2.24, 2.45) is 0 Å². The van der Waals surface area contributed by atoms with Gasteiger partial charge in [-0.15, -0.1) is 0 Å². The van der Waals surface area contributed by atoms with E-state index in [-0.39, 0.29) is 23.0 Å². The predicted octanol–water partition coefficient (Wildman–Crippen LogP) is 2.58. The number of rotatable bonds is 8. The summed E-state index contributed by atoms with van der Waals surface area (Å²) in [5, 5.41) is 9.58. The Bertz CT molecular complexity index is 829. The molecule has 7 heteroatoms. The van der Waals surface area contributed by atoms with Crippen LogP contribution in [0.1, 0.15) is 11.1 Å². The van der Waals surface area contributed by atoms with Crippen LogP contribution in [-0.2, 0) is 22.0 Å². The molecule has 0 heterocycles. The summed E-state index contributed by atoms with van der Waals surface area (Å²) in [5.74, 6) is 1.30. The van der Waals surface area contributed by atoms with Crippen LogP contribution in [0, 0.1) is 0 Å². The fourth-order valence-corrected chi connectivity index (χ4v) is 3.83. The standard InChI is InChI=1S/C18H22O6S/c1-22-16-7-5-13(10-18(16)24-3)8-9-25(20,21)12-14-4-6-15(19)17(11-14)23-2/h4-7,10-11,19H,8-9,12H2,1-3H3. The summed E-state index contributed by atoms with van der Waals surface area (Å²) in [6.45, 7) is 0. The molecule has 0 fully saturated rings. The van der Waals surface area contributed by atoms with Crippen LogP contribution < -0.4 is 14.2 Å². The van der Waals surface area contributed by atoms with Gasteiger partial charge in [0, 0.05) is 0 Å². The molecule has 0 unspecified atom stereocenters. The van der Waals surface area contributed by atoms with Crippen molar-refractivity contribution in [1.82, 2.24) is 0 Å². The van der Waals surface area contributed by atoms with E-state index in [4.69, 9.17) is 14.2 Å². The second kappa shape index (κ2) is 8.11. The number of phenolic OH excluding ortho intramolecular Hbond substituents is 1. The van der Waals surface area contributed by atoms with Gasteiger partial charge in [0.2, 0.25) is 0 Å². The molecule has 0 radical (unpaired) electrons. The molecule has 1 N–H and O–H groups in total. The van der Waals surface area contributed by atoms with Crippen LogP contribution >= 0.6 is 0 Å². The van der Waals surface area contributed by atoms with Gasteiger partial charge in [0.15, 0.2) is 32.8 Å². The topological polar surface area (TPSA) is 82.1 Å². The summed E-state index contributed by atoms with van der Waals surface area (Å²) < 4.78 is 40.2. The average molecular weight is 366 g/mol. The predicted molar refractivity (Wildman–Crippen MR) is 95.4 cm³/mol. The van der Waals surface area contributed by atoms with Crippen molar-refractivity contribution in [2.75, 3.05) is 27.1 Å². The van der Waals surface area contributed by atoms with Crippen LogP contribution in [0.3, 0.4) is 0 Å². The van der Waals surface area contributed by atoms with E-state index in [1.54, 1.807) is 25.3 Å². The molecule has 0 aromatic heterocycles. The van der Waals surface area contributed by atoms with Gasteiger partial charge in [-0.05, 0) is 41.8 Å². The van der Waals surface area contributed by atoms with Gasteiger partial charge in [0.1, 0.15) is 0 Å². The quantitative estimate of drug-likeness (QED) is 0.773. The maximum atomic E-state index is 12.4. The zero-order chi connectivity index (χ0) is 18.4. The Hall–Kier alpha value is -2.41. The van der Waals surface area contributed by atoms with Crippen LogP contribution in [-0.4, -0.2) is 40.6 Å². The number of aromatic hydroxyl groups is 1. The third-order valence-electron chi connectivity index (χ3n) is 3.78. The van der Waals surface area contributed by atoms with E-state index >= 15 is 0 Å². The van der Waals surface area contributed by atoms with Gasteiger partial charge in [-0.1, -0.05) is 12.1 Å². The van der Waals surface area contributed by atoms with Crippen molar-refractivity contribution in [3.05, 3.63) is 47.5 Å². The minimum absolute atomic E-state index is 0.00563. The fourth-order valence-electron chi connectivity index (χ4n) is 2.45. The van der Waals surface area contributed by atoms with Gasteiger partial charge in [-0.3, -0.25) is 0 Å². The Kier molecular flexibility index (Phi) is 6.14. The van der Waals surface area contributed by atoms with Crippen LogP contribution in [0.2, 0.25) is 0 Å². The Morgan fingerprint density at radius 2 is 1.44 bits per heavy atom. The molecule has 0 amide bonds. The molecule has 2 aromatic carbocycles. The van der Waals surface area contributed by atoms with Gasteiger partial charge < -0.3 is 19.3 Å². The van der Waals surface area contributed by atoms with Gasteiger partial charge in [0.05, 0.1) is 32.8 Å². The van der Waals surface area contributed by atoms with E-state index in [2.05, 4.69) is 0 Å². The zero-order valence-corrected chi connectivity index (χ0v) is 15.3. The lowest BCUT2D eigenvalue weighted by Crippen LogP contribution is -2.11. The summed E-state index contributed by atoms with van der Waals surface area (Å²) >= 11 is 0. The van der Waals surface area contributed by atoms with Crippen LogP contribution in [0.25, 0.3) is 0 Å². The molecule has 25 heavy (non-hydrogen) atoms. The van der Waals surface area contributed by atoms with E-state index in [0.717, 1.165) is 5.56 Å². The highest BCUT2D eigenvalue weighted by Crippen LogP contribution is 2.29. The van der Waals surface area contributed by atoms with E-state index < -0.39 is 9.84 Å². The van der Waals surface area contributed by atoms with Crippen molar-refractivity contribution < 1.29 is 27.7 Å². The number of aryl methyl sites for hydroxylation is 1. The Labute approximate surface area is 147 Å². The van der Waals surface area contributed by atoms with E-state index in [0.29, 0.717) is 23.5 Å². The lowest BCUT2D eigenvalue weighted by molar-refractivity contribution is 0.354. The highest BCUT2D eigenvalue weighted by Gasteiger charge is 2.15. The van der Waals surface area contributed by atoms with Crippen LogP contribution in [0.5, 0.6) is 23.0 Å². The number of methoxy groups -OCH3 is 3. The number of sulfone groups is 1. The first-order chi connectivity index (χ1) is 11.9. The van der Waals surface area contributed by atoms with Crippen LogP contribution in [0.4, 0.5) is 0 Å². The maximum absolute atomic E-state index is 12.4. The van der Waals surface area contributed by atoms with Gasteiger partial charge >= 0.3 is 0 Å². The highest BCUT2D eigenvalue weighted by atomic mass is 32.2. The Morgan fingerprint density at radius 1 is 0.840 bits per heavy atom. The number of benzene rings is 2. The number of phenols is 1. The zero-order valence-electron chi connectivity index (χ0n) is 14.5. The third kappa shape index (κ3) is 5.03. The van der Waals surface area contributed by atoms with Gasteiger partial charge in [0.25, 0.3) is 0 Å². The first-order valence-corrected chi connectivity index (χ1v) is 9.48. The molecule has 136 valence electrons. The molecule has 0 aliphatic carbocycles. The molecule has 0 saturated heterocycles. The monoisotopic (exact) mass is 366 g/mol. The Morgan fingerprint density at radius 3 is 2.08 bits per heavy atom. The van der Waals surface area contributed by atoms with Gasteiger partial charge in [-0.2, -0.15) is 0 Å². The molecular weight excluding hydrogens is 344 g/mol.